The second-order valence-corrected chi connectivity index (χ2v) is 5.29. The van der Waals surface area contributed by atoms with Crippen LogP contribution in [0, 0.1) is 10.7 Å². The van der Waals surface area contributed by atoms with Gasteiger partial charge in [0.05, 0.1) is 17.2 Å². The van der Waals surface area contributed by atoms with E-state index in [0.717, 1.165) is 33.3 Å². The first kappa shape index (κ1) is 11.1. The average Bonchev–Trinajstić information content (AvgIpc) is 2.76. The van der Waals surface area contributed by atoms with Gasteiger partial charge >= 0.3 is 0 Å². The van der Waals surface area contributed by atoms with E-state index in [2.05, 4.69) is 38.3 Å². The normalized spacial score (nSPS) is 10.8. The molecule has 3 nitrogen and oxygen atoms in total. The molecule has 5 heteroatoms. The van der Waals surface area contributed by atoms with Gasteiger partial charge in [-0.15, -0.1) is 11.3 Å². The van der Waals surface area contributed by atoms with Gasteiger partial charge in [0.1, 0.15) is 5.76 Å². The molecule has 0 radical (unpaired) electrons. The summed E-state index contributed by atoms with van der Waals surface area (Å²) < 4.78 is 6.36. The molecular weight excluding hydrogens is 323 g/mol. The largest absolute Gasteiger partial charge is 0.454 e. The van der Waals surface area contributed by atoms with Crippen LogP contribution in [0.15, 0.2) is 21.9 Å². The van der Waals surface area contributed by atoms with Crippen LogP contribution in [-0.2, 0) is 13.1 Å². The van der Waals surface area contributed by atoms with Crippen LogP contribution in [0.2, 0.25) is 0 Å². The van der Waals surface area contributed by atoms with E-state index in [-0.39, 0.29) is 0 Å². The molecule has 0 aliphatic rings. The van der Waals surface area contributed by atoms with Crippen LogP contribution in [0.1, 0.15) is 16.5 Å². The highest BCUT2D eigenvalue weighted by atomic mass is 127. The van der Waals surface area contributed by atoms with E-state index in [4.69, 9.17) is 4.42 Å². The summed E-state index contributed by atoms with van der Waals surface area (Å²) in [4.78, 5) is 4.37. The summed E-state index contributed by atoms with van der Waals surface area (Å²) in [6, 6.07) is 3.95. The number of hydrogen-bond donors (Lipinski definition) is 1. The molecule has 0 fully saturated rings. The van der Waals surface area contributed by atoms with E-state index in [1.165, 1.54) is 0 Å². The number of nitrogens with zero attached hydrogens (tertiary/aromatic N) is 1. The van der Waals surface area contributed by atoms with Crippen molar-refractivity contribution in [2.45, 2.75) is 20.0 Å². The zero-order chi connectivity index (χ0) is 10.7. The summed E-state index contributed by atoms with van der Waals surface area (Å²) in [6.45, 7) is 3.56. The van der Waals surface area contributed by atoms with Crippen LogP contribution in [-0.4, -0.2) is 4.98 Å². The van der Waals surface area contributed by atoms with Crippen molar-refractivity contribution in [1.29, 1.82) is 0 Å². The lowest BCUT2D eigenvalue weighted by Gasteiger charge is -1.98. The molecule has 2 heterocycles. The van der Waals surface area contributed by atoms with Gasteiger partial charge in [-0.05, 0) is 41.6 Å². The zero-order valence-electron chi connectivity index (χ0n) is 8.29. The van der Waals surface area contributed by atoms with Gasteiger partial charge in [-0.1, -0.05) is 0 Å². The van der Waals surface area contributed by atoms with E-state index in [1.807, 2.05) is 19.1 Å². The zero-order valence-corrected chi connectivity index (χ0v) is 11.3. The predicted octanol–water partition coefficient (Wildman–Crippen LogP) is 2.94. The molecular formula is C10H11IN2OS. The Morgan fingerprint density at radius 3 is 2.93 bits per heavy atom. The van der Waals surface area contributed by atoms with Crippen molar-refractivity contribution in [2.24, 2.45) is 0 Å². The Morgan fingerprint density at radius 2 is 2.33 bits per heavy atom. The van der Waals surface area contributed by atoms with Crippen LogP contribution in [0.3, 0.4) is 0 Å². The fraction of sp³-hybridized carbons (Fsp3) is 0.300. The molecule has 0 unspecified atom stereocenters. The lowest BCUT2D eigenvalue weighted by atomic mass is 10.4. The van der Waals surface area contributed by atoms with Gasteiger partial charge in [0.25, 0.3) is 0 Å². The van der Waals surface area contributed by atoms with Crippen molar-refractivity contribution >= 4 is 33.9 Å². The first-order valence-electron chi connectivity index (χ1n) is 4.60. The summed E-state index contributed by atoms with van der Waals surface area (Å²) in [6.07, 6.45) is 0. The Hall–Kier alpha value is -0.400. The summed E-state index contributed by atoms with van der Waals surface area (Å²) in [5.74, 6) is 0.964. The van der Waals surface area contributed by atoms with Crippen LogP contribution in [0.25, 0.3) is 0 Å². The van der Waals surface area contributed by atoms with Crippen molar-refractivity contribution in [2.75, 3.05) is 0 Å². The summed E-state index contributed by atoms with van der Waals surface area (Å²) >= 11 is 3.84. The highest BCUT2D eigenvalue weighted by Gasteiger charge is 2.00. The van der Waals surface area contributed by atoms with Crippen molar-refractivity contribution in [3.05, 3.63) is 37.7 Å². The third-order valence-corrected chi connectivity index (χ3v) is 3.30. The maximum Gasteiger partial charge on any atom is 0.164 e. The molecule has 0 aliphatic heterocycles. The molecule has 0 amide bonds. The van der Waals surface area contributed by atoms with Gasteiger partial charge in [-0.2, -0.15) is 0 Å². The quantitative estimate of drug-likeness (QED) is 0.874. The number of aryl methyl sites for hydroxylation is 1. The first-order valence-corrected chi connectivity index (χ1v) is 6.56. The maximum atomic E-state index is 5.43. The molecule has 0 aromatic carbocycles. The molecule has 80 valence electrons. The molecule has 0 bridgehead atoms. The number of rotatable bonds is 4. The second kappa shape index (κ2) is 5.09. The van der Waals surface area contributed by atoms with Crippen LogP contribution in [0.4, 0.5) is 0 Å². The van der Waals surface area contributed by atoms with Crippen molar-refractivity contribution < 1.29 is 4.42 Å². The molecule has 0 atom stereocenters. The van der Waals surface area contributed by atoms with Gasteiger partial charge < -0.3 is 9.73 Å². The smallest absolute Gasteiger partial charge is 0.164 e. The van der Waals surface area contributed by atoms with Gasteiger partial charge in [-0.25, -0.2) is 4.98 Å². The second-order valence-electron chi connectivity index (χ2n) is 3.17. The highest BCUT2D eigenvalue weighted by Crippen LogP contribution is 2.10. The van der Waals surface area contributed by atoms with Crippen LogP contribution in [0.5, 0.6) is 0 Å². The molecule has 2 aromatic heterocycles. The number of aromatic nitrogens is 1. The Balaban J connectivity index is 1.80. The van der Waals surface area contributed by atoms with Crippen molar-refractivity contribution in [1.82, 2.24) is 10.3 Å². The summed E-state index contributed by atoms with van der Waals surface area (Å²) in [5.41, 5.74) is 1.10. The fourth-order valence-electron chi connectivity index (χ4n) is 1.25. The Kier molecular flexibility index (Phi) is 3.76. The molecule has 0 aliphatic carbocycles. The third kappa shape index (κ3) is 3.29. The summed E-state index contributed by atoms with van der Waals surface area (Å²) in [5, 5.41) is 6.48. The Labute approximate surface area is 106 Å². The van der Waals surface area contributed by atoms with E-state index in [1.54, 1.807) is 11.3 Å². The van der Waals surface area contributed by atoms with Gasteiger partial charge in [0, 0.05) is 11.9 Å². The molecule has 1 N–H and O–H groups in total. The summed E-state index contributed by atoms with van der Waals surface area (Å²) in [7, 11) is 0. The van der Waals surface area contributed by atoms with Crippen LogP contribution < -0.4 is 5.32 Å². The lowest BCUT2D eigenvalue weighted by Crippen LogP contribution is -2.12. The van der Waals surface area contributed by atoms with Crippen LogP contribution >= 0.6 is 33.9 Å². The molecule has 2 aromatic rings. The molecule has 0 saturated heterocycles. The third-order valence-electron chi connectivity index (χ3n) is 1.90. The van der Waals surface area contributed by atoms with Crippen molar-refractivity contribution in [3.63, 3.8) is 0 Å². The van der Waals surface area contributed by atoms with E-state index in [9.17, 15) is 0 Å². The standard InChI is InChI=1S/C10H11IN2OS/c1-7-13-8(6-15-7)4-12-5-9-2-3-10(11)14-9/h2-3,6,12H,4-5H2,1H3. The fourth-order valence-corrected chi connectivity index (χ4v) is 2.33. The number of hydrogen-bond acceptors (Lipinski definition) is 4. The molecule has 0 saturated carbocycles. The Morgan fingerprint density at radius 1 is 1.47 bits per heavy atom. The molecule has 15 heavy (non-hydrogen) atoms. The Bertz CT molecular complexity index is 398. The van der Waals surface area contributed by atoms with E-state index < -0.39 is 0 Å². The monoisotopic (exact) mass is 334 g/mol. The van der Waals surface area contributed by atoms with Gasteiger partial charge in [0.15, 0.2) is 3.77 Å². The lowest BCUT2D eigenvalue weighted by molar-refractivity contribution is 0.462. The minimum atomic E-state index is 0.750. The number of thiazole rings is 1. The topological polar surface area (TPSA) is 38.1 Å². The average molecular weight is 334 g/mol. The molecule has 0 spiro atoms. The van der Waals surface area contributed by atoms with Gasteiger partial charge in [-0.3, -0.25) is 0 Å². The number of halogens is 1. The van der Waals surface area contributed by atoms with E-state index in [0.29, 0.717) is 0 Å². The SMILES string of the molecule is Cc1nc(CNCc2ccc(I)o2)cs1. The predicted molar refractivity (Wildman–Crippen MR) is 68.8 cm³/mol. The number of furan rings is 1. The number of nitrogens with one attached hydrogen (secondary N) is 1. The molecule has 2 rings (SSSR count). The first-order chi connectivity index (χ1) is 7.24. The minimum Gasteiger partial charge on any atom is -0.454 e. The minimum absolute atomic E-state index is 0.750. The van der Waals surface area contributed by atoms with Crippen molar-refractivity contribution in [3.8, 4) is 0 Å². The van der Waals surface area contributed by atoms with E-state index >= 15 is 0 Å². The highest BCUT2D eigenvalue weighted by molar-refractivity contribution is 14.1. The van der Waals surface area contributed by atoms with Gasteiger partial charge in [0.2, 0.25) is 0 Å². The maximum absolute atomic E-state index is 5.43.